The van der Waals surface area contributed by atoms with Crippen LogP contribution in [0.2, 0.25) is 0 Å². The third-order valence-corrected chi connectivity index (χ3v) is 4.54. The summed E-state index contributed by atoms with van der Waals surface area (Å²) in [6, 6.07) is 7.04. The standard InChI is InChI=1S/C18H21N3O2/c1-18(2)7-11-21(12-8-18)17(23)14-3-4-15(20-16(14)22)13-5-9-19-10-6-13/h3-6,9-10H,7-8,11-12H2,1-2H3,(H,20,22). The highest BCUT2D eigenvalue weighted by Gasteiger charge is 2.29. The van der Waals surface area contributed by atoms with Gasteiger partial charge in [0.25, 0.3) is 11.5 Å². The molecule has 0 saturated carbocycles. The Morgan fingerprint density at radius 3 is 2.39 bits per heavy atom. The highest BCUT2D eigenvalue weighted by molar-refractivity contribution is 5.94. The molecule has 1 fully saturated rings. The number of carbonyl (C=O) groups is 1. The van der Waals surface area contributed by atoms with Crippen molar-refractivity contribution in [1.29, 1.82) is 0 Å². The van der Waals surface area contributed by atoms with Crippen LogP contribution in [0, 0.1) is 5.41 Å². The van der Waals surface area contributed by atoms with Crippen LogP contribution in [-0.4, -0.2) is 33.9 Å². The Balaban J connectivity index is 1.81. The Labute approximate surface area is 135 Å². The minimum Gasteiger partial charge on any atom is -0.338 e. The molecule has 1 N–H and O–H groups in total. The van der Waals surface area contributed by atoms with Gasteiger partial charge in [0.05, 0.1) is 0 Å². The van der Waals surface area contributed by atoms with Crippen molar-refractivity contribution in [2.45, 2.75) is 26.7 Å². The van der Waals surface area contributed by atoms with Gasteiger partial charge in [-0.15, -0.1) is 0 Å². The van der Waals surface area contributed by atoms with Crippen LogP contribution in [0.15, 0.2) is 41.5 Å². The molecule has 23 heavy (non-hydrogen) atoms. The molecule has 120 valence electrons. The Morgan fingerprint density at radius 2 is 1.78 bits per heavy atom. The lowest BCUT2D eigenvalue weighted by atomic mass is 9.82. The fraction of sp³-hybridized carbons (Fsp3) is 0.389. The van der Waals surface area contributed by atoms with E-state index in [-0.39, 0.29) is 22.4 Å². The molecule has 0 bridgehead atoms. The van der Waals surface area contributed by atoms with Gasteiger partial charge >= 0.3 is 0 Å². The molecule has 1 aliphatic rings. The van der Waals surface area contributed by atoms with Crippen LogP contribution in [0.1, 0.15) is 37.0 Å². The summed E-state index contributed by atoms with van der Waals surface area (Å²) in [7, 11) is 0. The Morgan fingerprint density at radius 1 is 1.13 bits per heavy atom. The molecule has 5 nitrogen and oxygen atoms in total. The molecule has 1 saturated heterocycles. The zero-order valence-electron chi connectivity index (χ0n) is 13.5. The molecular formula is C18H21N3O2. The SMILES string of the molecule is CC1(C)CCN(C(=O)c2ccc(-c3ccncc3)[nH]c2=O)CC1. The molecule has 2 aromatic rings. The number of hydrogen-bond donors (Lipinski definition) is 1. The number of rotatable bonds is 2. The number of pyridine rings is 2. The number of aromatic nitrogens is 2. The van der Waals surface area contributed by atoms with Gasteiger partial charge in [0, 0.05) is 36.7 Å². The Kier molecular flexibility index (Phi) is 4.03. The second kappa shape index (κ2) is 5.99. The van der Waals surface area contributed by atoms with E-state index < -0.39 is 0 Å². The highest BCUT2D eigenvalue weighted by Crippen LogP contribution is 2.30. The molecule has 1 aliphatic heterocycles. The predicted molar refractivity (Wildman–Crippen MR) is 89.2 cm³/mol. The first-order chi connectivity index (χ1) is 11.0. The van der Waals surface area contributed by atoms with Crippen molar-refractivity contribution in [2.24, 2.45) is 5.41 Å². The van der Waals surface area contributed by atoms with E-state index in [0.29, 0.717) is 18.8 Å². The molecule has 3 heterocycles. The number of piperidine rings is 1. The lowest BCUT2D eigenvalue weighted by Crippen LogP contribution is -2.42. The minimum absolute atomic E-state index is 0.178. The number of amides is 1. The van der Waals surface area contributed by atoms with Gasteiger partial charge in [-0.25, -0.2) is 0 Å². The van der Waals surface area contributed by atoms with Crippen molar-refractivity contribution in [3.63, 3.8) is 0 Å². The van der Waals surface area contributed by atoms with E-state index in [9.17, 15) is 9.59 Å². The van der Waals surface area contributed by atoms with Gasteiger partial charge in [0.15, 0.2) is 0 Å². The maximum atomic E-state index is 12.6. The van der Waals surface area contributed by atoms with Crippen LogP contribution in [0.4, 0.5) is 0 Å². The normalized spacial score (nSPS) is 17.0. The van der Waals surface area contributed by atoms with Crippen molar-refractivity contribution in [3.05, 3.63) is 52.6 Å². The van der Waals surface area contributed by atoms with Crippen LogP contribution in [0.3, 0.4) is 0 Å². The average Bonchev–Trinajstić information content (AvgIpc) is 2.55. The number of aromatic amines is 1. The fourth-order valence-corrected chi connectivity index (χ4v) is 2.83. The van der Waals surface area contributed by atoms with E-state index in [0.717, 1.165) is 18.4 Å². The van der Waals surface area contributed by atoms with Crippen molar-refractivity contribution in [2.75, 3.05) is 13.1 Å². The number of likely N-dealkylation sites (tertiary alicyclic amines) is 1. The fourth-order valence-electron chi connectivity index (χ4n) is 2.83. The number of carbonyl (C=O) groups excluding carboxylic acids is 1. The van der Waals surface area contributed by atoms with Crippen LogP contribution in [0.25, 0.3) is 11.3 Å². The van der Waals surface area contributed by atoms with E-state index >= 15 is 0 Å². The lowest BCUT2D eigenvalue weighted by Gasteiger charge is -2.36. The highest BCUT2D eigenvalue weighted by atomic mass is 16.2. The quantitative estimate of drug-likeness (QED) is 0.927. The topological polar surface area (TPSA) is 66.1 Å². The minimum atomic E-state index is -0.339. The van der Waals surface area contributed by atoms with Gasteiger partial charge in [-0.05, 0) is 42.5 Å². The zero-order valence-corrected chi connectivity index (χ0v) is 13.5. The van der Waals surface area contributed by atoms with Crippen molar-refractivity contribution in [3.8, 4) is 11.3 Å². The van der Waals surface area contributed by atoms with Gasteiger partial charge in [0.1, 0.15) is 5.56 Å². The summed E-state index contributed by atoms with van der Waals surface area (Å²) in [6.07, 6.45) is 5.27. The summed E-state index contributed by atoms with van der Waals surface area (Å²) in [5.41, 5.74) is 1.70. The van der Waals surface area contributed by atoms with E-state index in [2.05, 4.69) is 23.8 Å². The monoisotopic (exact) mass is 311 g/mol. The second-order valence-corrected chi connectivity index (χ2v) is 6.81. The van der Waals surface area contributed by atoms with Gasteiger partial charge < -0.3 is 9.88 Å². The second-order valence-electron chi connectivity index (χ2n) is 6.81. The van der Waals surface area contributed by atoms with Gasteiger partial charge in [-0.1, -0.05) is 13.8 Å². The first-order valence-corrected chi connectivity index (χ1v) is 7.89. The van der Waals surface area contributed by atoms with E-state index in [1.165, 1.54) is 0 Å². The van der Waals surface area contributed by atoms with Gasteiger partial charge in [0.2, 0.25) is 0 Å². The molecular weight excluding hydrogens is 290 g/mol. The summed E-state index contributed by atoms with van der Waals surface area (Å²) >= 11 is 0. The number of nitrogens with one attached hydrogen (secondary N) is 1. The molecule has 5 heteroatoms. The molecule has 1 amide bonds. The Bertz CT molecular complexity index is 755. The van der Waals surface area contributed by atoms with Crippen molar-refractivity contribution < 1.29 is 4.79 Å². The first-order valence-electron chi connectivity index (χ1n) is 7.89. The smallest absolute Gasteiger partial charge is 0.261 e. The molecule has 0 aromatic carbocycles. The number of H-pyrrole nitrogens is 1. The molecule has 3 rings (SSSR count). The number of nitrogens with zero attached hydrogens (tertiary/aromatic N) is 2. The first kappa shape index (κ1) is 15.5. The molecule has 0 radical (unpaired) electrons. The maximum Gasteiger partial charge on any atom is 0.261 e. The number of hydrogen-bond acceptors (Lipinski definition) is 3. The molecule has 2 aromatic heterocycles. The summed E-state index contributed by atoms with van der Waals surface area (Å²) in [4.78, 5) is 33.4. The summed E-state index contributed by atoms with van der Waals surface area (Å²) in [5.74, 6) is -0.178. The molecule has 0 aliphatic carbocycles. The van der Waals surface area contributed by atoms with E-state index in [1.54, 1.807) is 29.4 Å². The summed E-state index contributed by atoms with van der Waals surface area (Å²) in [6.45, 7) is 5.84. The van der Waals surface area contributed by atoms with Gasteiger partial charge in [-0.2, -0.15) is 0 Å². The maximum absolute atomic E-state index is 12.6. The van der Waals surface area contributed by atoms with Crippen LogP contribution >= 0.6 is 0 Å². The van der Waals surface area contributed by atoms with Crippen LogP contribution < -0.4 is 5.56 Å². The molecule has 0 unspecified atom stereocenters. The van der Waals surface area contributed by atoms with E-state index in [4.69, 9.17) is 0 Å². The third-order valence-electron chi connectivity index (χ3n) is 4.54. The molecule has 0 atom stereocenters. The Hall–Kier alpha value is -2.43. The lowest BCUT2D eigenvalue weighted by molar-refractivity contribution is 0.0628. The third kappa shape index (κ3) is 3.33. The van der Waals surface area contributed by atoms with Crippen LogP contribution in [-0.2, 0) is 0 Å². The summed E-state index contributed by atoms with van der Waals surface area (Å²) in [5, 5.41) is 0. The van der Waals surface area contributed by atoms with Crippen molar-refractivity contribution in [1.82, 2.24) is 14.9 Å². The van der Waals surface area contributed by atoms with Crippen molar-refractivity contribution >= 4 is 5.91 Å². The van der Waals surface area contributed by atoms with Crippen LogP contribution in [0.5, 0.6) is 0 Å². The van der Waals surface area contributed by atoms with Gasteiger partial charge in [-0.3, -0.25) is 14.6 Å². The van der Waals surface area contributed by atoms with E-state index in [1.807, 2.05) is 12.1 Å². The summed E-state index contributed by atoms with van der Waals surface area (Å²) < 4.78 is 0. The predicted octanol–water partition coefficient (Wildman–Crippen LogP) is 2.70. The molecule has 0 spiro atoms. The zero-order chi connectivity index (χ0) is 16.4. The average molecular weight is 311 g/mol. The largest absolute Gasteiger partial charge is 0.338 e.